The highest BCUT2D eigenvalue weighted by Crippen LogP contribution is 2.21. The van der Waals surface area contributed by atoms with Crippen LogP contribution in [0.5, 0.6) is 0 Å². The van der Waals surface area contributed by atoms with Gasteiger partial charge in [-0.1, -0.05) is 0 Å². The van der Waals surface area contributed by atoms with Crippen LogP contribution in [0.2, 0.25) is 0 Å². The summed E-state index contributed by atoms with van der Waals surface area (Å²) in [6.07, 6.45) is 6.65. The van der Waals surface area contributed by atoms with Gasteiger partial charge in [0.2, 0.25) is 0 Å². The van der Waals surface area contributed by atoms with Gasteiger partial charge in [0, 0.05) is 56.8 Å². The second-order valence-corrected chi connectivity index (χ2v) is 5.87. The second-order valence-electron chi connectivity index (χ2n) is 5.87. The van der Waals surface area contributed by atoms with Crippen LogP contribution in [0.4, 0.5) is 5.69 Å². The largest absolute Gasteiger partial charge is 0.386 e. The standard InChI is InChI=1S/C15H23N3O2/c19-15(5-10-20-12-15)11-17-13-3-8-18(9-4-13)14-1-6-16-7-2-14/h1-2,6-7,13,17,19H,3-5,8-12H2. The van der Waals surface area contributed by atoms with Gasteiger partial charge < -0.3 is 20.1 Å². The highest BCUT2D eigenvalue weighted by Gasteiger charge is 2.33. The molecule has 5 heteroatoms. The summed E-state index contributed by atoms with van der Waals surface area (Å²) in [7, 11) is 0. The first-order valence-electron chi connectivity index (χ1n) is 7.44. The van der Waals surface area contributed by atoms with Crippen LogP contribution in [0.1, 0.15) is 19.3 Å². The number of hydrogen-bond acceptors (Lipinski definition) is 5. The summed E-state index contributed by atoms with van der Waals surface area (Å²) in [5.41, 5.74) is 0.601. The van der Waals surface area contributed by atoms with Crippen LogP contribution in [-0.2, 0) is 4.74 Å². The fourth-order valence-electron chi connectivity index (χ4n) is 2.97. The van der Waals surface area contributed by atoms with Crippen molar-refractivity contribution >= 4 is 5.69 Å². The molecule has 5 nitrogen and oxygen atoms in total. The van der Waals surface area contributed by atoms with Crippen LogP contribution in [0.3, 0.4) is 0 Å². The number of nitrogens with zero attached hydrogens (tertiary/aromatic N) is 2. The van der Waals surface area contributed by atoms with E-state index in [-0.39, 0.29) is 0 Å². The van der Waals surface area contributed by atoms with E-state index >= 15 is 0 Å². The van der Waals surface area contributed by atoms with Crippen molar-refractivity contribution in [2.45, 2.75) is 30.9 Å². The van der Waals surface area contributed by atoms with Crippen LogP contribution < -0.4 is 10.2 Å². The van der Waals surface area contributed by atoms with Crippen LogP contribution in [0, 0.1) is 0 Å². The summed E-state index contributed by atoms with van der Waals surface area (Å²) in [5.74, 6) is 0. The molecule has 0 aromatic carbocycles. The molecule has 1 atom stereocenters. The number of pyridine rings is 1. The third-order valence-corrected chi connectivity index (χ3v) is 4.33. The monoisotopic (exact) mass is 277 g/mol. The van der Waals surface area contributed by atoms with Gasteiger partial charge in [0.15, 0.2) is 0 Å². The Balaban J connectivity index is 1.44. The molecule has 2 N–H and O–H groups in total. The molecule has 0 spiro atoms. The number of hydrogen-bond donors (Lipinski definition) is 2. The summed E-state index contributed by atoms with van der Waals surface area (Å²) in [6, 6.07) is 4.62. The maximum atomic E-state index is 10.2. The van der Waals surface area contributed by atoms with Gasteiger partial charge in [0.05, 0.1) is 6.61 Å². The molecule has 3 heterocycles. The maximum absolute atomic E-state index is 10.2. The molecule has 3 rings (SSSR count). The molecule has 1 aromatic heterocycles. The number of aliphatic hydroxyl groups is 1. The van der Waals surface area contributed by atoms with E-state index in [4.69, 9.17) is 4.74 Å². The Kier molecular flexibility index (Phi) is 4.19. The normalized spacial score (nSPS) is 27.9. The minimum absolute atomic E-state index is 0.468. The number of aromatic nitrogens is 1. The zero-order valence-corrected chi connectivity index (χ0v) is 11.8. The van der Waals surface area contributed by atoms with E-state index in [1.807, 2.05) is 12.4 Å². The molecule has 0 aliphatic carbocycles. The molecule has 0 radical (unpaired) electrons. The van der Waals surface area contributed by atoms with E-state index < -0.39 is 5.60 Å². The predicted molar refractivity (Wildman–Crippen MR) is 77.9 cm³/mol. The molecule has 2 saturated heterocycles. The molecule has 0 saturated carbocycles. The molecule has 2 fully saturated rings. The average Bonchev–Trinajstić information content (AvgIpc) is 2.94. The van der Waals surface area contributed by atoms with Gasteiger partial charge in [-0.15, -0.1) is 0 Å². The lowest BCUT2D eigenvalue weighted by molar-refractivity contribution is 0.0241. The van der Waals surface area contributed by atoms with Gasteiger partial charge in [-0.3, -0.25) is 4.98 Å². The highest BCUT2D eigenvalue weighted by molar-refractivity contribution is 5.44. The number of piperidine rings is 1. The van der Waals surface area contributed by atoms with E-state index in [2.05, 4.69) is 27.3 Å². The first-order valence-corrected chi connectivity index (χ1v) is 7.44. The first-order chi connectivity index (χ1) is 9.75. The van der Waals surface area contributed by atoms with Crippen LogP contribution in [0.15, 0.2) is 24.5 Å². The molecular weight excluding hydrogens is 254 g/mol. The van der Waals surface area contributed by atoms with Crippen LogP contribution in [0.25, 0.3) is 0 Å². The number of ether oxygens (including phenoxy) is 1. The number of anilines is 1. The summed E-state index contributed by atoms with van der Waals surface area (Å²) in [6.45, 7) is 3.90. The molecule has 0 amide bonds. The van der Waals surface area contributed by atoms with E-state index in [9.17, 15) is 5.11 Å². The van der Waals surface area contributed by atoms with Gasteiger partial charge in [0.25, 0.3) is 0 Å². The van der Waals surface area contributed by atoms with Gasteiger partial charge in [-0.2, -0.15) is 0 Å². The summed E-state index contributed by atoms with van der Waals surface area (Å²) in [4.78, 5) is 6.45. The summed E-state index contributed by atoms with van der Waals surface area (Å²) < 4.78 is 5.27. The second kappa shape index (κ2) is 6.08. The fourth-order valence-corrected chi connectivity index (χ4v) is 2.97. The smallest absolute Gasteiger partial charge is 0.102 e. The van der Waals surface area contributed by atoms with E-state index in [0.717, 1.165) is 32.4 Å². The predicted octanol–water partition coefficient (Wildman–Crippen LogP) is 0.791. The van der Waals surface area contributed by atoms with Gasteiger partial charge >= 0.3 is 0 Å². The molecule has 110 valence electrons. The zero-order valence-electron chi connectivity index (χ0n) is 11.8. The fraction of sp³-hybridized carbons (Fsp3) is 0.667. The molecule has 0 bridgehead atoms. The Labute approximate surface area is 120 Å². The van der Waals surface area contributed by atoms with Crippen molar-refractivity contribution in [1.82, 2.24) is 10.3 Å². The SMILES string of the molecule is OC1(CNC2CCN(c3ccncc3)CC2)CCOC1. The molecule has 2 aliphatic heterocycles. The summed E-state index contributed by atoms with van der Waals surface area (Å²) >= 11 is 0. The topological polar surface area (TPSA) is 57.6 Å². The third-order valence-electron chi connectivity index (χ3n) is 4.33. The lowest BCUT2D eigenvalue weighted by Gasteiger charge is -2.35. The third kappa shape index (κ3) is 3.29. The van der Waals surface area contributed by atoms with Crippen molar-refractivity contribution in [3.05, 3.63) is 24.5 Å². The lowest BCUT2D eigenvalue weighted by Crippen LogP contribution is -2.49. The van der Waals surface area contributed by atoms with Crippen molar-refractivity contribution in [2.75, 3.05) is 37.7 Å². The quantitative estimate of drug-likeness (QED) is 0.852. The Morgan fingerprint density at radius 1 is 1.35 bits per heavy atom. The molecule has 1 unspecified atom stereocenters. The Hall–Kier alpha value is -1.17. The van der Waals surface area contributed by atoms with Crippen molar-refractivity contribution in [1.29, 1.82) is 0 Å². The minimum Gasteiger partial charge on any atom is -0.386 e. The van der Waals surface area contributed by atoms with Crippen LogP contribution >= 0.6 is 0 Å². The number of rotatable bonds is 4. The molecule has 20 heavy (non-hydrogen) atoms. The summed E-state index contributed by atoms with van der Waals surface area (Å²) in [5, 5.41) is 13.8. The Morgan fingerprint density at radius 2 is 2.10 bits per heavy atom. The zero-order chi connectivity index (χ0) is 13.8. The van der Waals surface area contributed by atoms with E-state index in [0.29, 0.717) is 25.8 Å². The molecule has 1 aromatic rings. The highest BCUT2D eigenvalue weighted by atomic mass is 16.5. The van der Waals surface area contributed by atoms with Crippen LogP contribution in [-0.4, -0.2) is 54.6 Å². The van der Waals surface area contributed by atoms with Gasteiger partial charge in [-0.25, -0.2) is 0 Å². The van der Waals surface area contributed by atoms with Crippen molar-refractivity contribution in [2.24, 2.45) is 0 Å². The average molecular weight is 277 g/mol. The maximum Gasteiger partial charge on any atom is 0.102 e. The van der Waals surface area contributed by atoms with Crippen molar-refractivity contribution in [3.8, 4) is 0 Å². The Bertz CT molecular complexity index is 412. The van der Waals surface area contributed by atoms with E-state index in [1.165, 1.54) is 5.69 Å². The van der Waals surface area contributed by atoms with Crippen molar-refractivity contribution < 1.29 is 9.84 Å². The van der Waals surface area contributed by atoms with Gasteiger partial charge in [0.1, 0.15) is 5.60 Å². The van der Waals surface area contributed by atoms with E-state index in [1.54, 1.807) is 0 Å². The van der Waals surface area contributed by atoms with Gasteiger partial charge in [-0.05, 0) is 25.0 Å². The van der Waals surface area contributed by atoms with Crippen molar-refractivity contribution in [3.63, 3.8) is 0 Å². The molecular formula is C15H23N3O2. The molecule has 2 aliphatic rings. The number of nitrogens with one attached hydrogen (secondary N) is 1. The minimum atomic E-state index is -0.651. The Morgan fingerprint density at radius 3 is 2.75 bits per heavy atom. The first kappa shape index (κ1) is 13.8. The lowest BCUT2D eigenvalue weighted by atomic mass is 10.0.